The van der Waals surface area contributed by atoms with Gasteiger partial charge in [0.1, 0.15) is 5.01 Å². The van der Waals surface area contributed by atoms with E-state index in [4.69, 9.17) is 10.1 Å². The molecule has 1 N–H and O–H groups in total. The van der Waals surface area contributed by atoms with E-state index in [9.17, 15) is 4.79 Å². The molecule has 0 radical (unpaired) electrons. The van der Waals surface area contributed by atoms with Gasteiger partial charge < -0.3 is 5.11 Å². The summed E-state index contributed by atoms with van der Waals surface area (Å²) in [7, 11) is 0. The number of carbonyl (C=O) groups is 1. The summed E-state index contributed by atoms with van der Waals surface area (Å²) < 4.78 is 0. The molecule has 0 fully saturated rings. The van der Waals surface area contributed by atoms with Gasteiger partial charge in [-0.05, 0) is 30.4 Å². The number of aromatic nitrogens is 1. The van der Waals surface area contributed by atoms with Crippen molar-refractivity contribution < 1.29 is 9.90 Å². The summed E-state index contributed by atoms with van der Waals surface area (Å²) in [4.78, 5) is 17.0. The van der Waals surface area contributed by atoms with Crippen LogP contribution < -0.4 is 0 Å². The van der Waals surface area contributed by atoms with Crippen molar-refractivity contribution in [2.45, 2.75) is 40.0 Å². The topological polar surface area (TPSA) is 50.2 Å². The highest BCUT2D eigenvalue weighted by Gasteiger charge is 2.16. The molecule has 0 aliphatic carbocycles. The highest BCUT2D eigenvalue weighted by molar-refractivity contribution is 7.15. The Bertz CT molecular complexity index is 627. The molecule has 0 spiro atoms. The third kappa shape index (κ3) is 3.70. The van der Waals surface area contributed by atoms with Crippen molar-refractivity contribution in [1.29, 1.82) is 0 Å². The summed E-state index contributed by atoms with van der Waals surface area (Å²) >= 11 is 1.72. The Morgan fingerprint density at radius 2 is 1.81 bits per heavy atom. The van der Waals surface area contributed by atoms with Gasteiger partial charge in [-0.3, -0.25) is 0 Å². The molecule has 4 heteroatoms. The molecule has 0 unspecified atom stereocenters. The molecule has 21 heavy (non-hydrogen) atoms. The van der Waals surface area contributed by atoms with Crippen molar-refractivity contribution in [3.05, 3.63) is 40.4 Å². The molecule has 0 saturated heterocycles. The predicted octanol–water partition coefficient (Wildman–Crippen LogP) is 4.83. The molecule has 1 aromatic heterocycles. The fourth-order valence-corrected chi connectivity index (χ4v) is 3.33. The Morgan fingerprint density at radius 3 is 2.29 bits per heavy atom. The van der Waals surface area contributed by atoms with E-state index >= 15 is 0 Å². The highest BCUT2D eigenvalue weighted by Crippen LogP contribution is 2.34. The second-order valence-corrected chi connectivity index (χ2v) is 7.00. The molecule has 2 rings (SSSR count). The number of rotatable bonds is 5. The number of carboxylic acid groups (broad SMARTS) is 1. The fourth-order valence-electron chi connectivity index (χ4n) is 2.23. The molecule has 0 bridgehead atoms. The molecule has 1 aromatic carbocycles. The van der Waals surface area contributed by atoms with Crippen LogP contribution in [0.3, 0.4) is 0 Å². The van der Waals surface area contributed by atoms with Crippen LogP contribution in [-0.2, 0) is 6.42 Å². The predicted molar refractivity (Wildman–Crippen MR) is 87.1 cm³/mol. The Kier molecular flexibility index (Phi) is 4.78. The van der Waals surface area contributed by atoms with Crippen LogP contribution >= 0.6 is 11.3 Å². The molecule has 0 saturated carbocycles. The van der Waals surface area contributed by atoms with E-state index in [0.29, 0.717) is 17.4 Å². The van der Waals surface area contributed by atoms with Crippen LogP contribution in [0.25, 0.3) is 10.6 Å². The van der Waals surface area contributed by atoms with Crippen LogP contribution in [0.1, 0.15) is 54.5 Å². The molecular weight excluding hydrogens is 282 g/mol. The monoisotopic (exact) mass is 303 g/mol. The van der Waals surface area contributed by atoms with Gasteiger partial charge in [0.25, 0.3) is 0 Å². The van der Waals surface area contributed by atoms with Crippen molar-refractivity contribution in [3.63, 3.8) is 0 Å². The molecule has 0 amide bonds. The molecule has 1 heterocycles. The lowest BCUT2D eigenvalue weighted by Crippen LogP contribution is -1.99. The zero-order valence-corrected chi connectivity index (χ0v) is 13.7. The first-order valence-corrected chi connectivity index (χ1v) is 8.03. The number of thiazole rings is 1. The molecule has 112 valence electrons. The normalized spacial score (nSPS) is 11.3. The SMILES string of the molecule is CC(C)Cc1nc(-c2ccc(C(=O)O)cc2)sc1C(C)C. The third-order valence-corrected chi connectivity index (χ3v) is 4.68. The molecule has 0 aliphatic rings. The van der Waals surface area contributed by atoms with Crippen LogP contribution in [0.15, 0.2) is 24.3 Å². The lowest BCUT2D eigenvalue weighted by molar-refractivity contribution is 0.0697. The largest absolute Gasteiger partial charge is 0.478 e. The standard InChI is InChI=1S/C17H21NO2S/c1-10(2)9-14-15(11(3)4)21-16(18-14)12-5-7-13(8-6-12)17(19)20/h5-8,10-11H,9H2,1-4H3,(H,19,20). The number of hydrogen-bond acceptors (Lipinski definition) is 3. The first-order chi connectivity index (χ1) is 9.88. The third-order valence-electron chi connectivity index (χ3n) is 3.23. The number of nitrogens with zero attached hydrogens (tertiary/aromatic N) is 1. The molecule has 2 aromatic rings. The number of benzene rings is 1. The molecular formula is C17H21NO2S. The van der Waals surface area contributed by atoms with Crippen molar-refractivity contribution in [3.8, 4) is 10.6 Å². The summed E-state index contributed by atoms with van der Waals surface area (Å²) in [5, 5.41) is 9.93. The molecule has 3 nitrogen and oxygen atoms in total. The van der Waals surface area contributed by atoms with Gasteiger partial charge in [-0.25, -0.2) is 9.78 Å². The van der Waals surface area contributed by atoms with E-state index < -0.39 is 5.97 Å². The van der Waals surface area contributed by atoms with Gasteiger partial charge >= 0.3 is 5.97 Å². The van der Waals surface area contributed by atoms with Crippen molar-refractivity contribution in [2.24, 2.45) is 5.92 Å². The number of carboxylic acids is 1. The van der Waals surface area contributed by atoms with Crippen LogP contribution in [-0.4, -0.2) is 16.1 Å². The lowest BCUT2D eigenvalue weighted by atomic mass is 10.0. The Hall–Kier alpha value is -1.68. The van der Waals surface area contributed by atoms with Crippen molar-refractivity contribution in [2.75, 3.05) is 0 Å². The first kappa shape index (κ1) is 15.7. The van der Waals surface area contributed by atoms with Gasteiger partial charge in [-0.1, -0.05) is 39.8 Å². The summed E-state index contributed by atoms with van der Waals surface area (Å²) in [5.74, 6) is 0.138. The van der Waals surface area contributed by atoms with Gasteiger partial charge in [0.05, 0.1) is 11.3 Å². The van der Waals surface area contributed by atoms with E-state index in [1.54, 1.807) is 23.5 Å². The van der Waals surface area contributed by atoms with Gasteiger partial charge in [-0.2, -0.15) is 0 Å². The summed E-state index contributed by atoms with van der Waals surface area (Å²) in [6, 6.07) is 6.95. The summed E-state index contributed by atoms with van der Waals surface area (Å²) in [5.41, 5.74) is 2.48. The van der Waals surface area contributed by atoms with Gasteiger partial charge in [0.2, 0.25) is 0 Å². The van der Waals surface area contributed by atoms with Crippen molar-refractivity contribution >= 4 is 17.3 Å². The van der Waals surface area contributed by atoms with Crippen LogP contribution in [0, 0.1) is 5.92 Å². The minimum absolute atomic E-state index is 0.307. The highest BCUT2D eigenvalue weighted by atomic mass is 32.1. The van der Waals surface area contributed by atoms with Gasteiger partial charge in [0, 0.05) is 10.4 Å². The summed E-state index contributed by atoms with van der Waals surface area (Å²) in [6.07, 6.45) is 0.983. The number of aromatic carboxylic acids is 1. The minimum atomic E-state index is -0.899. The van der Waals surface area contributed by atoms with Gasteiger partial charge in [-0.15, -0.1) is 11.3 Å². The smallest absolute Gasteiger partial charge is 0.335 e. The lowest BCUT2D eigenvalue weighted by Gasteiger charge is -2.06. The van der Waals surface area contributed by atoms with Crippen LogP contribution in [0.2, 0.25) is 0 Å². The van der Waals surface area contributed by atoms with E-state index in [1.807, 2.05) is 12.1 Å². The summed E-state index contributed by atoms with van der Waals surface area (Å²) in [6.45, 7) is 8.78. The average Bonchev–Trinajstić information content (AvgIpc) is 2.82. The minimum Gasteiger partial charge on any atom is -0.478 e. The number of hydrogen-bond donors (Lipinski definition) is 1. The molecule has 0 atom stereocenters. The fraction of sp³-hybridized carbons (Fsp3) is 0.412. The van der Waals surface area contributed by atoms with Crippen LogP contribution in [0.4, 0.5) is 0 Å². The Labute approximate surface area is 129 Å². The maximum Gasteiger partial charge on any atom is 0.335 e. The quantitative estimate of drug-likeness (QED) is 0.860. The van der Waals surface area contributed by atoms with Crippen molar-refractivity contribution in [1.82, 2.24) is 4.98 Å². The zero-order chi connectivity index (χ0) is 15.6. The van der Waals surface area contributed by atoms with Crippen LogP contribution in [0.5, 0.6) is 0 Å². The van der Waals surface area contributed by atoms with E-state index in [0.717, 1.165) is 17.0 Å². The van der Waals surface area contributed by atoms with E-state index in [1.165, 1.54) is 10.6 Å². The average molecular weight is 303 g/mol. The zero-order valence-electron chi connectivity index (χ0n) is 12.9. The maximum atomic E-state index is 10.9. The second-order valence-electron chi connectivity index (χ2n) is 5.97. The van der Waals surface area contributed by atoms with E-state index in [-0.39, 0.29) is 0 Å². The van der Waals surface area contributed by atoms with E-state index in [2.05, 4.69) is 27.7 Å². The Balaban J connectivity index is 2.37. The first-order valence-electron chi connectivity index (χ1n) is 7.21. The second kappa shape index (κ2) is 6.39. The maximum absolute atomic E-state index is 10.9. The van der Waals surface area contributed by atoms with Gasteiger partial charge in [0.15, 0.2) is 0 Å². The molecule has 0 aliphatic heterocycles. The Morgan fingerprint density at radius 1 is 1.19 bits per heavy atom.